The van der Waals surface area contributed by atoms with Crippen LogP contribution < -0.4 is 4.72 Å². The largest absolute Gasteiger partial charge is 0.308 e. The van der Waals surface area contributed by atoms with Crippen LogP contribution >= 0.6 is 23.4 Å². The number of aromatic nitrogens is 3. The van der Waals surface area contributed by atoms with Crippen molar-refractivity contribution in [2.75, 3.05) is 5.75 Å². The zero-order chi connectivity index (χ0) is 17.4. The van der Waals surface area contributed by atoms with E-state index in [2.05, 4.69) is 21.5 Å². The Kier molecular flexibility index (Phi) is 4.74. The second kappa shape index (κ2) is 6.51. The molecule has 0 bridgehead atoms. The van der Waals surface area contributed by atoms with Crippen LogP contribution in [0.15, 0.2) is 47.0 Å². The maximum Gasteiger partial charge on any atom is 0.241 e. The van der Waals surface area contributed by atoms with Crippen LogP contribution in [0, 0.1) is 0 Å². The normalized spacial score (nSPS) is 16.1. The van der Waals surface area contributed by atoms with Gasteiger partial charge in [-0.3, -0.25) is 0 Å². The first-order chi connectivity index (χ1) is 11.4. The number of sulfonamides is 1. The Bertz CT molecular complexity index is 858. The second-order valence-corrected chi connectivity index (χ2v) is 8.71. The Morgan fingerprint density at radius 2 is 2.04 bits per heavy atom. The van der Waals surface area contributed by atoms with Gasteiger partial charge in [0.15, 0.2) is 11.0 Å². The highest BCUT2D eigenvalue weighted by Gasteiger charge is 2.51. The van der Waals surface area contributed by atoms with E-state index in [0.29, 0.717) is 23.7 Å². The Balaban J connectivity index is 1.85. The topological polar surface area (TPSA) is 76.9 Å². The highest BCUT2D eigenvalue weighted by Crippen LogP contribution is 2.46. The third-order valence-corrected chi connectivity index (χ3v) is 6.62. The van der Waals surface area contributed by atoms with E-state index in [9.17, 15) is 8.42 Å². The number of thioether (sulfide) groups is 1. The standard InChI is InChI=1S/C15H17ClN4O2S2/c1-3-10-23-14-18-17-13(20(14)2)15(8-9-15)19-24(21,22)12-6-4-11(16)5-7-12/h3-7,19H,1,8-10H2,2H3. The molecule has 9 heteroatoms. The van der Waals surface area contributed by atoms with E-state index >= 15 is 0 Å². The molecular weight excluding hydrogens is 368 g/mol. The molecule has 1 aliphatic carbocycles. The number of rotatable bonds is 7. The zero-order valence-electron chi connectivity index (χ0n) is 13.1. The van der Waals surface area contributed by atoms with Gasteiger partial charge >= 0.3 is 0 Å². The van der Waals surface area contributed by atoms with E-state index in [1.54, 1.807) is 18.2 Å². The first-order valence-corrected chi connectivity index (χ1v) is 10.2. The molecule has 2 aromatic rings. The number of halogens is 1. The summed E-state index contributed by atoms with van der Waals surface area (Å²) in [4.78, 5) is 0.182. The molecule has 0 unspecified atom stereocenters. The van der Waals surface area contributed by atoms with E-state index in [-0.39, 0.29) is 4.90 Å². The summed E-state index contributed by atoms with van der Waals surface area (Å²) in [7, 11) is -1.81. The first kappa shape index (κ1) is 17.5. The predicted octanol–water partition coefficient (Wildman–Crippen LogP) is 2.71. The van der Waals surface area contributed by atoms with E-state index in [1.165, 1.54) is 23.9 Å². The van der Waals surface area contributed by atoms with Crippen LogP contribution in [-0.4, -0.2) is 28.9 Å². The summed E-state index contributed by atoms with van der Waals surface area (Å²) in [6.07, 6.45) is 3.17. The molecule has 1 fully saturated rings. The average molecular weight is 385 g/mol. The van der Waals surface area contributed by atoms with Gasteiger partial charge < -0.3 is 4.57 Å². The summed E-state index contributed by atoms with van der Waals surface area (Å²) in [5.41, 5.74) is -0.687. The maximum atomic E-state index is 12.6. The molecule has 1 aliphatic rings. The number of hydrogen-bond acceptors (Lipinski definition) is 5. The number of hydrogen-bond donors (Lipinski definition) is 1. The lowest BCUT2D eigenvalue weighted by atomic mass is 10.3. The van der Waals surface area contributed by atoms with E-state index in [4.69, 9.17) is 11.6 Å². The van der Waals surface area contributed by atoms with Gasteiger partial charge in [0, 0.05) is 17.8 Å². The zero-order valence-corrected chi connectivity index (χ0v) is 15.5. The van der Waals surface area contributed by atoms with Crippen molar-refractivity contribution in [3.05, 3.63) is 47.8 Å². The summed E-state index contributed by atoms with van der Waals surface area (Å²) in [5.74, 6) is 1.35. The van der Waals surface area contributed by atoms with Crippen molar-refractivity contribution in [1.82, 2.24) is 19.5 Å². The van der Waals surface area contributed by atoms with Crippen molar-refractivity contribution in [1.29, 1.82) is 0 Å². The van der Waals surface area contributed by atoms with Crippen LogP contribution in [-0.2, 0) is 22.6 Å². The molecule has 1 aromatic heterocycles. The fourth-order valence-corrected chi connectivity index (χ4v) is 4.61. The molecule has 0 saturated heterocycles. The minimum Gasteiger partial charge on any atom is -0.308 e. The molecule has 0 amide bonds. The molecule has 24 heavy (non-hydrogen) atoms. The van der Waals surface area contributed by atoms with E-state index < -0.39 is 15.6 Å². The van der Waals surface area contributed by atoms with Crippen LogP contribution in [0.3, 0.4) is 0 Å². The van der Waals surface area contributed by atoms with Gasteiger partial charge in [-0.2, -0.15) is 4.72 Å². The van der Waals surface area contributed by atoms with Gasteiger partial charge in [-0.15, -0.1) is 16.8 Å². The average Bonchev–Trinajstić information content (AvgIpc) is 3.20. The fraction of sp³-hybridized carbons (Fsp3) is 0.333. The Labute approximate surface area is 150 Å². The molecule has 0 aliphatic heterocycles. The monoisotopic (exact) mass is 384 g/mol. The fourth-order valence-electron chi connectivity index (χ4n) is 2.42. The van der Waals surface area contributed by atoms with E-state index in [1.807, 2.05) is 11.6 Å². The smallest absolute Gasteiger partial charge is 0.241 e. The Morgan fingerprint density at radius 3 is 2.62 bits per heavy atom. The summed E-state index contributed by atoms with van der Waals surface area (Å²) in [6.45, 7) is 3.68. The van der Waals surface area contributed by atoms with Crippen LogP contribution in [0.2, 0.25) is 5.02 Å². The Hall–Kier alpha value is -1.35. The number of benzene rings is 1. The SMILES string of the molecule is C=CCSc1nnc(C2(NS(=O)(=O)c3ccc(Cl)cc3)CC2)n1C. The quantitative estimate of drug-likeness (QED) is 0.586. The van der Waals surface area contributed by atoms with Crippen LogP contribution in [0.1, 0.15) is 18.7 Å². The summed E-state index contributed by atoms with van der Waals surface area (Å²) in [5, 5.41) is 9.58. The maximum absolute atomic E-state index is 12.6. The van der Waals surface area contributed by atoms with Gasteiger partial charge in [0.1, 0.15) is 0 Å². The lowest BCUT2D eigenvalue weighted by molar-refractivity contribution is 0.523. The molecular formula is C15H17ClN4O2S2. The van der Waals surface area contributed by atoms with Gasteiger partial charge in [-0.25, -0.2) is 8.42 Å². The second-order valence-electron chi connectivity index (χ2n) is 5.61. The van der Waals surface area contributed by atoms with Gasteiger partial charge in [0.05, 0.1) is 10.4 Å². The molecule has 0 spiro atoms. The summed E-state index contributed by atoms with van der Waals surface area (Å²) < 4.78 is 29.9. The minimum atomic E-state index is -3.66. The molecule has 0 atom stereocenters. The molecule has 1 heterocycles. The van der Waals surface area contributed by atoms with Crippen molar-refractivity contribution in [3.63, 3.8) is 0 Å². The lowest BCUT2D eigenvalue weighted by Crippen LogP contribution is -2.36. The third-order valence-electron chi connectivity index (χ3n) is 3.80. The summed E-state index contributed by atoms with van der Waals surface area (Å²) >= 11 is 7.33. The van der Waals surface area contributed by atoms with Gasteiger partial charge in [0.25, 0.3) is 0 Å². The van der Waals surface area contributed by atoms with Crippen LogP contribution in [0.4, 0.5) is 0 Å². The number of nitrogens with one attached hydrogen (secondary N) is 1. The van der Waals surface area contributed by atoms with Crippen LogP contribution in [0.25, 0.3) is 0 Å². The Morgan fingerprint density at radius 1 is 1.38 bits per heavy atom. The molecule has 1 N–H and O–H groups in total. The van der Waals surface area contributed by atoms with Crippen LogP contribution in [0.5, 0.6) is 0 Å². The minimum absolute atomic E-state index is 0.182. The van der Waals surface area contributed by atoms with E-state index in [0.717, 1.165) is 10.9 Å². The van der Waals surface area contributed by atoms with Gasteiger partial charge in [0.2, 0.25) is 10.0 Å². The third kappa shape index (κ3) is 3.37. The van der Waals surface area contributed by atoms with Crippen molar-refractivity contribution in [3.8, 4) is 0 Å². The highest BCUT2D eigenvalue weighted by molar-refractivity contribution is 7.99. The van der Waals surface area contributed by atoms with Crippen molar-refractivity contribution < 1.29 is 8.42 Å². The van der Waals surface area contributed by atoms with Crippen molar-refractivity contribution >= 4 is 33.4 Å². The molecule has 1 saturated carbocycles. The highest BCUT2D eigenvalue weighted by atomic mass is 35.5. The molecule has 128 valence electrons. The molecule has 3 rings (SSSR count). The van der Waals surface area contributed by atoms with Gasteiger partial charge in [-0.05, 0) is 37.1 Å². The molecule has 0 radical (unpaired) electrons. The molecule has 6 nitrogen and oxygen atoms in total. The lowest BCUT2D eigenvalue weighted by Gasteiger charge is -2.17. The first-order valence-electron chi connectivity index (χ1n) is 7.31. The predicted molar refractivity (Wildman–Crippen MR) is 94.6 cm³/mol. The van der Waals surface area contributed by atoms with Crippen molar-refractivity contribution in [2.45, 2.75) is 28.4 Å². The summed E-state index contributed by atoms with van der Waals surface area (Å²) in [6, 6.07) is 6.09. The van der Waals surface area contributed by atoms with Gasteiger partial charge in [-0.1, -0.05) is 29.4 Å². The number of nitrogens with zero attached hydrogens (tertiary/aromatic N) is 3. The molecule has 1 aromatic carbocycles. The van der Waals surface area contributed by atoms with Crippen molar-refractivity contribution in [2.24, 2.45) is 7.05 Å².